The fraction of sp³-hybridized carbons (Fsp3) is 0. The number of para-hydroxylation sites is 1. The van der Waals surface area contributed by atoms with Gasteiger partial charge >= 0.3 is 0 Å². The minimum Gasteiger partial charge on any atom is -0.354 e. The van der Waals surface area contributed by atoms with Gasteiger partial charge in [0.1, 0.15) is 6.20 Å². The third-order valence-electron chi connectivity index (χ3n) is 1.66. The molecule has 0 spiro atoms. The second-order valence-electron chi connectivity index (χ2n) is 2.65. The Morgan fingerprint density at radius 3 is 2.54 bits per heavy atom. The van der Waals surface area contributed by atoms with Crippen molar-refractivity contribution in [2.75, 3.05) is 5.32 Å². The third-order valence-corrected chi connectivity index (χ3v) is 1.66. The molecule has 0 fully saturated rings. The van der Waals surface area contributed by atoms with Gasteiger partial charge in [-0.05, 0) is 24.3 Å². The highest BCUT2D eigenvalue weighted by atomic mass is 14.9. The summed E-state index contributed by atoms with van der Waals surface area (Å²) in [7, 11) is 0. The highest BCUT2D eigenvalue weighted by Gasteiger charge is 1.91. The van der Waals surface area contributed by atoms with E-state index in [-0.39, 0.29) is 0 Å². The molecule has 2 aromatic rings. The lowest BCUT2D eigenvalue weighted by Gasteiger charge is -2.03. The average Bonchev–Trinajstić information content (AvgIpc) is 2.21. The minimum atomic E-state index is 0.883. The van der Waals surface area contributed by atoms with Crippen molar-refractivity contribution in [3.05, 3.63) is 54.9 Å². The van der Waals surface area contributed by atoms with Gasteiger partial charge in [0.15, 0.2) is 0 Å². The summed E-state index contributed by atoms with van der Waals surface area (Å²) in [5.41, 5.74) is 1.93. The molecule has 0 atom stereocenters. The van der Waals surface area contributed by atoms with Crippen LogP contribution in [0, 0.1) is 6.20 Å². The molecule has 0 unspecified atom stereocenters. The lowest BCUT2D eigenvalue weighted by molar-refractivity contribution is 1.31. The Bertz CT molecular complexity index is 319. The first-order valence-electron chi connectivity index (χ1n) is 4.10. The van der Waals surface area contributed by atoms with Gasteiger partial charge in [-0.15, -0.1) is 0 Å². The van der Waals surface area contributed by atoms with Gasteiger partial charge in [0.25, 0.3) is 0 Å². The molecule has 1 heterocycles. The summed E-state index contributed by atoms with van der Waals surface area (Å²) in [4.78, 5) is 3.89. The van der Waals surface area contributed by atoms with Crippen molar-refractivity contribution in [1.29, 1.82) is 0 Å². The van der Waals surface area contributed by atoms with Crippen LogP contribution in [0.4, 0.5) is 11.4 Å². The Labute approximate surface area is 77.3 Å². The van der Waals surface area contributed by atoms with E-state index in [1.807, 2.05) is 42.5 Å². The smallest absolute Gasteiger partial charge is 0.114 e. The quantitative estimate of drug-likeness (QED) is 0.747. The van der Waals surface area contributed by atoms with Crippen molar-refractivity contribution in [3.63, 3.8) is 0 Å². The summed E-state index contributed by atoms with van der Waals surface area (Å²) in [5, 5.41) is 3.19. The summed E-state index contributed by atoms with van der Waals surface area (Å²) < 4.78 is 0. The Hall–Kier alpha value is -1.83. The highest BCUT2D eigenvalue weighted by Crippen LogP contribution is 2.12. The molecule has 13 heavy (non-hydrogen) atoms. The summed E-state index contributed by atoms with van der Waals surface area (Å²) in [6, 6.07) is 13.8. The molecule has 63 valence electrons. The summed E-state index contributed by atoms with van der Waals surface area (Å²) in [6.45, 7) is 0. The molecule has 1 N–H and O–H groups in total. The molecule has 0 saturated heterocycles. The number of rotatable bonds is 2. The number of anilines is 2. The zero-order valence-electron chi connectivity index (χ0n) is 7.07. The Kier molecular flexibility index (Phi) is 2.23. The third kappa shape index (κ3) is 2.06. The van der Waals surface area contributed by atoms with Crippen LogP contribution in [0.3, 0.4) is 0 Å². The second-order valence-corrected chi connectivity index (χ2v) is 2.65. The average molecular weight is 169 g/mol. The van der Waals surface area contributed by atoms with Gasteiger partial charge in [0.05, 0.1) is 5.69 Å². The van der Waals surface area contributed by atoms with Gasteiger partial charge in [0, 0.05) is 11.9 Å². The van der Waals surface area contributed by atoms with Crippen molar-refractivity contribution in [2.45, 2.75) is 0 Å². The number of aromatic nitrogens is 1. The van der Waals surface area contributed by atoms with Crippen LogP contribution in [0.1, 0.15) is 0 Å². The van der Waals surface area contributed by atoms with Gasteiger partial charge in [0.2, 0.25) is 0 Å². The lowest BCUT2D eigenvalue weighted by Crippen LogP contribution is -1.89. The normalized spacial score (nSPS) is 9.54. The number of hydrogen-bond donors (Lipinski definition) is 1. The SMILES string of the molecule is [c]1ncccc1Nc1ccccc1. The standard InChI is InChI=1S/C11H9N2/c1-2-5-10(6-3-1)13-11-7-4-8-12-9-11/h1-8,13H. The number of hydrogen-bond acceptors (Lipinski definition) is 2. The molecule has 2 rings (SSSR count). The summed E-state index contributed by atoms with van der Waals surface area (Å²) in [6.07, 6.45) is 4.56. The fourth-order valence-corrected chi connectivity index (χ4v) is 1.07. The topological polar surface area (TPSA) is 24.9 Å². The van der Waals surface area contributed by atoms with Crippen molar-refractivity contribution in [3.8, 4) is 0 Å². The van der Waals surface area contributed by atoms with E-state index in [1.54, 1.807) is 6.20 Å². The Morgan fingerprint density at radius 1 is 1.00 bits per heavy atom. The first kappa shape index (κ1) is 7.80. The van der Waals surface area contributed by atoms with E-state index < -0.39 is 0 Å². The molecule has 0 saturated carbocycles. The number of nitrogens with one attached hydrogen (secondary N) is 1. The molecular formula is C11H9N2. The molecule has 0 aliphatic rings. The number of nitrogens with zero attached hydrogens (tertiary/aromatic N) is 1. The maximum atomic E-state index is 3.89. The van der Waals surface area contributed by atoms with E-state index in [0.29, 0.717) is 0 Å². The zero-order valence-corrected chi connectivity index (χ0v) is 7.07. The van der Waals surface area contributed by atoms with Crippen molar-refractivity contribution in [2.24, 2.45) is 0 Å². The zero-order chi connectivity index (χ0) is 8.93. The van der Waals surface area contributed by atoms with Crippen LogP contribution in [0.15, 0.2) is 48.7 Å². The highest BCUT2D eigenvalue weighted by molar-refractivity contribution is 5.57. The van der Waals surface area contributed by atoms with E-state index in [9.17, 15) is 0 Å². The lowest BCUT2D eigenvalue weighted by atomic mass is 10.3. The molecule has 2 heteroatoms. The maximum absolute atomic E-state index is 3.89. The van der Waals surface area contributed by atoms with Crippen LogP contribution < -0.4 is 5.32 Å². The van der Waals surface area contributed by atoms with E-state index in [4.69, 9.17) is 0 Å². The summed E-state index contributed by atoms with van der Waals surface area (Å²) in [5.74, 6) is 0. The molecule has 0 amide bonds. The predicted octanol–water partition coefficient (Wildman–Crippen LogP) is 2.63. The monoisotopic (exact) mass is 169 g/mol. The van der Waals surface area contributed by atoms with Crippen molar-refractivity contribution < 1.29 is 0 Å². The van der Waals surface area contributed by atoms with E-state index in [1.165, 1.54) is 0 Å². The van der Waals surface area contributed by atoms with Gasteiger partial charge in [-0.2, -0.15) is 0 Å². The number of benzene rings is 1. The van der Waals surface area contributed by atoms with E-state index >= 15 is 0 Å². The van der Waals surface area contributed by atoms with Gasteiger partial charge in [-0.1, -0.05) is 18.2 Å². The van der Waals surface area contributed by atoms with Crippen LogP contribution in [-0.2, 0) is 0 Å². The predicted molar refractivity (Wildman–Crippen MR) is 52.8 cm³/mol. The van der Waals surface area contributed by atoms with Gasteiger partial charge < -0.3 is 5.32 Å². The molecule has 0 bridgehead atoms. The minimum absolute atomic E-state index is 0.883. The van der Waals surface area contributed by atoms with Crippen LogP contribution in [0.5, 0.6) is 0 Å². The molecule has 1 aromatic carbocycles. The van der Waals surface area contributed by atoms with Gasteiger partial charge in [-0.3, -0.25) is 4.98 Å². The molecule has 0 aliphatic carbocycles. The molecule has 2 nitrogen and oxygen atoms in total. The maximum Gasteiger partial charge on any atom is 0.114 e. The summed E-state index contributed by atoms with van der Waals surface area (Å²) >= 11 is 0. The van der Waals surface area contributed by atoms with Gasteiger partial charge in [-0.25, -0.2) is 0 Å². The Balaban J connectivity index is 2.16. The number of pyridine rings is 1. The molecule has 1 radical (unpaired) electrons. The van der Waals surface area contributed by atoms with Crippen LogP contribution in [0.25, 0.3) is 0 Å². The van der Waals surface area contributed by atoms with Crippen LogP contribution in [0.2, 0.25) is 0 Å². The molecule has 0 aliphatic heterocycles. The van der Waals surface area contributed by atoms with E-state index in [0.717, 1.165) is 11.4 Å². The molecular weight excluding hydrogens is 160 g/mol. The molecule has 1 aromatic heterocycles. The van der Waals surface area contributed by atoms with Crippen molar-refractivity contribution >= 4 is 11.4 Å². The van der Waals surface area contributed by atoms with Crippen molar-refractivity contribution in [1.82, 2.24) is 4.98 Å². The van der Waals surface area contributed by atoms with Crippen LogP contribution in [-0.4, -0.2) is 4.98 Å². The fourth-order valence-electron chi connectivity index (χ4n) is 1.07. The van der Waals surface area contributed by atoms with Crippen LogP contribution >= 0.6 is 0 Å². The first-order valence-corrected chi connectivity index (χ1v) is 4.10. The second kappa shape index (κ2) is 3.72. The largest absolute Gasteiger partial charge is 0.354 e. The Morgan fingerprint density at radius 2 is 1.85 bits per heavy atom. The van der Waals surface area contributed by atoms with E-state index in [2.05, 4.69) is 16.5 Å². The first-order chi connectivity index (χ1) is 6.45.